The highest BCUT2D eigenvalue weighted by Gasteiger charge is 2.25. The number of nitrogens with one attached hydrogen (secondary N) is 1. The number of fused-ring (bicyclic) bond motifs is 1. The summed E-state index contributed by atoms with van der Waals surface area (Å²) in [7, 11) is 1.61. The van der Waals surface area contributed by atoms with E-state index in [0.29, 0.717) is 31.2 Å². The first-order chi connectivity index (χ1) is 16.0. The average Bonchev–Trinajstić information content (AvgIpc) is 3.41. The molecule has 3 aromatic heterocycles. The van der Waals surface area contributed by atoms with Gasteiger partial charge in [0.25, 0.3) is 11.5 Å². The smallest absolute Gasteiger partial charge is 0.265 e. The molecule has 0 radical (unpaired) electrons. The monoisotopic (exact) mass is 449 g/mol. The molecule has 0 saturated carbocycles. The lowest BCUT2D eigenvalue weighted by molar-refractivity contribution is 0.102. The van der Waals surface area contributed by atoms with Gasteiger partial charge in [0.05, 0.1) is 17.8 Å². The van der Waals surface area contributed by atoms with E-state index in [2.05, 4.69) is 22.3 Å². The van der Waals surface area contributed by atoms with Crippen LogP contribution in [0.15, 0.2) is 58.1 Å². The first kappa shape index (κ1) is 22.5. The Bertz CT molecular complexity index is 1310. The van der Waals surface area contributed by atoms with Crippen LogP contribution in [-0.4, -0.2) is 39.0 Å². The largest absolute Gasteiger partial charge is 0.442 e. The number of aryl methyl sites for hydroxylation is 2. The molecule has 3 heterocycles. The van der Waals surface area contributed by atoms with Crippen molar-refractivity contribution in [3.63, 3.8) is 0 Å². The normalized spacial score (nSPS) is 12.2. The number of hydrogen-bond donors (Lipinski definition) is 1. The zero-order valence-corrected chi connectivity index (χ0v) is 18.9. The maximum atomic E-state index is 13.3. The molecule has 0 spiro atoms. The number of rotatable bonds is 9. The second-order valence-corrected chi connectivity index (χ2v) is 7.75. The van der Waals surface area contributed by atoms with Crippen molar-refractivity contribution in [3.05, 3.63) is 76.2 Å². The van der Waals surface area contributed by atoms with Gasteiger partial charge >= 0.3 is 0 Å². The fraction of sp³-hybridized carbons (Fsp3) is 0.333. The van der Waals surface area contributed by atoms with Crippen LogP contribution in [0.25, 0.3) is 11.1 Å². The van der Waals surface area contributed by atoms with Crippen molar-refractivity contribution in [2.75, 3.05) is 19.0 Å². The van der Waals surface area contributed by atoms with E-state index in [-0.39, 0.29) is 28.3 Å². The van der Waals surface area contributed by atoms with Crippen LogP contribution >= 0.6 is 0 Å². The minimum absolute atomic E-state index is 0.0432. The molecular weight excluding hydrogens is 422 g/mol. The van der Waals surface area contributed by atoms with Crippen LogP contribution in [0.3, 0.4) is 0 Å². The molecule has 1 N–H and O–H groups in total. The van der Waals surface area contributed by atoms with Crippen LogP contribution in [0.5, 0.6) is 0 Å². The number of hydrogen-bond acceptors (Lipinski definition) is 6. The number of aromatic nitrogens is 4. The maximum absolute atomic E-state index is 13.3. The van der Waals surface area contributed by atoms with Gasteiger partial charge in [-0.25, -0.2) is 9.67 Å². The number of benzene rings is 1. The first-order valence-corrected chi connectivity index (χ1v) is 10.9. The average molecular weight is 450 g/mol. The van der Waals surface area contributed by atoms with Crippen molar-refractivity contribution in [2.45, 2.75) is 39.3 Å². The van der Waals surface area contributed by atoms with E-state index in [4.69, 9.17) is 9.15 Å². The Morgan fingerprint density at radius 2 is 2.03 bits per heavy atom. The molecule has 9 heteroatoms. The molecule has 172 valence electrons. The second kappa shape index (κ2) is 9.83. The summed E-state index contributed by atoms with van der Waals surface area (Å²) in [5.41, 5.74) is 1.11. The van der Waals surface area contributed by atoms with Crippen LogP contribution < -0.4 is 10.9 Å². The van der Waals surface area contributed by atoms with E-state index >= 15 is 0 Å². The second-order valence-electron chi connectivity index (χ2n) is 7.75. The number of furan rings is 1. The van der Waals surface area contributed by atoms with E-state index in [0.717, 1.165) is 12.0 Å². The minimum atomic E-state index is -0.440. The standard InChI is InChI=1S/C24H27N5O4/c1-4-18(17-9-6-5-7-10-17)29-19(11-12-26-29)27-22(30)20-16(2)33-23-21(20)24(31)28(15-25-23)13-8-14-32-3/h5-7,9-12,15,18H,4,8,13-14H2,1-3H3,(H,27,30). The molecule has 0 aliphatic heterocycles. The molecule has 1 amide bonds. The van der Waals surface area contributed by atoms with E-state index in [1.807, 2.05) is 30.3 Å². The summed E-state index contributed by atoms with van der Waals surface area (Å²) in [5, 5.41) is 7.53. The van der Waals surface area contributed by atoms with Crippen molar-refractivity contribution >= 4 is 22.8 Å². The Balaban J connectivity index is 1.67. The molecule has 0 saturated heterocycles. The van der Waals surface area contributed by atoms with Crippen LogP contribution in [0.4, 0.5) is 5.82 Å². The third kappa shape index (κ3) is 4.45. The summed E-state index contributed by atoms with van der Waals surface area (Å²) >= 11 is 0. The van der Waals surface area contributed by atoms with Crippen molar-refractivity contribution in [3.8, 4) is 0 Å². The number of amides is 1. The van der Waals surface area contributed by atoms with Crippen LogP contribution in [0.2, 0.25) is 0 Å². The van der Waals surface area contributed by atoms with E-state index < -0.39 is 5.91 Å². The minimum Gasteiger partial charge on any atom is -0.442 e. The Kier molecular flexibility index (Phi) is 6.69. The number of anilines is 1. The third-order valence-electron chi connectivity index (χ3n) is 5.61. The molecule has 4 rings (SSSR count). The number of ether oxygens (including phenoxy) is 1. The fourth-order valence-electron chi connectivity index (χ4n) is 4.01. The molecule has 0 aliphatic carbocycles. The van der Waals surface area contributed by atoms with Crippen molar-refractivity contribution in [1.29, 1.82) is 0 Å². The number of nitrogens with zero attached hydrogens (tertiary/aromatic N) is 4. The molecule has 33 heavy (non-hydrogen) atoms. The SMILES string of the molecule is CCC(c1ccccc1)n1nccc1NC(=O)c1c(C)oc2ncn(CCCOC)c(=O)c12. The van der Waals surface area contributed by atoms with Crippen molar-refractivity contribution in [2.24, 2.45) is 0 Å². The predicted octanol–water partition coefficient (Wildman–Crippen LogP) is 3.78. The quantitative estimate of drug-likeness (QED) is 0.390. The highest BCUT2D eigenvalue weighted by Crippen LogP contribution is 2.27. The summed E-state index contributed by atoms with van der Waals surface area (Å²) in [6, 6.07) is 11.7. The topological polar surface area (TPSA) is 104 Å². The highest BCUT2D eigenvalue weighted by atomic mass is 16.5. The molecular formula is C24H27N5O4. The predicted molar refractivity (Wildman–Crippen MR) is 125 cm³/mol. The van der Waals surface area contributed by atoms with Crippen LogP contribution in [0.1, 0.15) is 47.5 Å². The number of methoxy groups -OCH3 is 1. The van der Waals surface area contributed by atoms with Crippen molar-refractivity contribution in [1.82, 2.24) is 19.3 Å². The van der Waals surface area contributed by atoms with Gasteiger partial charge in [0.2, 0.25) is 5.71 Å². The summed E-state index contributed by atoms with van der Waals surface area (Å²) in [6.07, 6.45) is 4.52. The van der Waals surface area contributed by atoms with Gasteiger partial charge in [-0.1, -0.05) is 37.3 Å². The fourth-order valence-corrected chi connectivity index (χ4v) is 4.01. The molecule has 1 atom stereocenters. The molecule has 0 bridgehead atoms. The summed E-state index contributed by atoms with van der Waals surface area (Å²) in [5.74, 6) is 0.432. The van der Waals surface area contributed by atoms with E-state index in [1.54, 1.807) is 31.0 Å². The maximum Gasteiger partial charge on any atom is 0.265 e. The molecule has 9 nitrogen and oxygen atoms in total. The highest BCUT2D eigenvalue weighted by molar-refractivity contribution is 6.12. The third-order valence-corrected chi connectivity index (χ3v) is 5.61. The van der Waals surface area contributed by atoms with Gasteiger partial charge in [0, 0.05) is 26.3 Å². The van der Waals surface area contributed by atoms with Gasteiger partial charge in [-0.15, -0.1) is 0 Å². The zero-order chi connectivity index (χ0) is 23.4. The Labute approximate surface area is 191 Å². The Hall–Kier alpha value is -3.72. The Morgan fingerprint density at radius 3 is 2.76 bits per heavy atom. The molecule has 1 aromatic carbocycles. The lowest BCUT2D eigenvalue weighted by atomic mass is 10.1. The molecule has 4 aromatic rings. The van der Waals surface area contributed by atoms with Gasteiger partial charge in [0.1, 0.15) is 23.3 Å². The molecule has 0 aliphatic rings. The van der Waals surface area contributed by atoms with E-state index in [9.17, 15) is 9.59 Å². The lowest BCUT2D eigenvalue weighted by Gasteiger charge is -2.19. The van der Waals surface area contributed by atoms with Crippen molar-refractivity contribution < 1.29 is 13.9 Å². The first-order valence-electron chi connectivity index (χ1n) is 10.9. The molecule has 0 fully saturated rings. The van der Waals surface area contributed by atoms with Gasteiger partial charge in [-0.3, -0.25) is 14.2 Å². The van der Waals surface area contributed by atoms with Gasteiger partial charge < -0.3 is 14.5 Å². The van der Waals surface area contributed by atoms with Crippen LogP contribution in [0, 0.1) is 6.92 Å². The zero-order valence-electron chi connectivity index (χ0n) is 18.9. The summed E-state index contributed by atoms with van der Waals surface area (Å²) in [4.78, 5) is 30.7. The summed E-state index contributed by atoms with van der Waals surface area (Å²) in [6.45, 7) is 4.67. The number of carbonyl (C=O) groups is 1. The van der Waals surface area contributed by atoms with Gasteiger partial charge in [0.15, 0.2) is 0 Å². The van der Waals surface area contributed by atoms with Gasteiger partial charge in [-0.2, -0.15) is 5.10 Å². The van der Waals surface area contributed by atoms with Gasteiger partial charge in [-0.05, 0) is 25.3 Å². The van der Waals surface area contributed by atoms with Crippen LogP contribution in [-0.2, 0) is 11.3 Å². The number of carbonyl (C=O) groups excluding carboxylic acids is 1. The lowest BCUT2D eigenvalue weighted by Crippen LogP contribution is -2.24. The Morgan fingerprint density at radius 1 is 1.24 bits per heavy atom. The summed E-state index contributed by atoms with van der Waals surface area (Å²) < 4.78 is 14.0. The van der Waals surface area contributed by atoms with E-state index in [1.165, 1.54) is 10.9 Å². The molecule has 1 unspecified atom stereocenters.